The van der Waals surface area contributed by atoms with Crippen molar-refractivity contribution in [3.63, 3.8) is 0 Å². The molecule has 0 fully saturated rings. The second-order valence-electron chi connectivity index (χ2n) is 6.00. The van der Waals surface area contributed by atoms with Gasteiger partial charge in [-0.25, -0.2) is 13.6 Å². The van der Waals surface area contributed by atoms with Gasteiger partial charge in [0.1, 0.15) is 0 Å². The molecule has 0 aliphatic carbocycles. The highest BCUT2D eigenvalue weighted by molar-refractivity contribution is 8.00. The zero-order chi connectivity index (χ0) is 18.8. The fourth-order valence-corrected chi connectivity index (χ4v) is 4.14. The molecular formula is C18H22N2O3S2. The van der Waals surface area contributed by atoms with E-state index in [1.54, 1.807) is 12.1 Å². The summed E-state index contributed by atoms with van der Waals surface area (Å²) >= 11 is 1.48. The van der Waals surface area contributed by atoms with Gasteiger partial charge in [-0.3, -0.25) is 4.79 Å². The third kappa shape index (κ3) is 4.84. The van der Waals surface area contributed by atoms with Crippen LogP contribution < -0.4 is 10.5 Å². The van der Waals surface area contributed by atoms with E-state index in [0.29, 0.717) is 5.69 Å². The first-order valence-electron chi connectivity index (χ1n) is 7.72. The number of benzene rings is 2. The molecule has 2 aromatic rings. The van der Waals surface area contributed by atoms with Crippen LogP contribution in [0.4, 0.5) is 5.69 Å². The Kier molecular flexibility index (Phi) is 5.92. The summed E-state index contributed by atoms with van der Waals surface area (Å²) in [6.45, 7) is 8.23. The van der Waals surface area contributed by atoms with Crippen molar-refractivity contribution in [2.45, 2.75) is 37.5 Å². The highest BCUT2D eigenvalue weighted by Gasteiger charge is 2.13. The molecule has 7 heteroatoms. The molecule has 0 bridgehead atoms. The van der Waals surface area contributed by atoms with E-state index < -0.39 is 10.0 Å². The number of nitrogens with two attached hydrogens (primary N) is 1. The minimum absolute atomic E-state index is 0.0287. The van der Waals surface area contributed by atoms with Crippen molar-refractivity contribution in [1.82, 2.24) is 0 Å². The first-order chi connectivity index (χ1) is 11.6. The molecule has 0 heterocycles. The SMILES string of the molecule is Cc1cc(C)c(C)c(SCC(=O)Nc2cccc(S(N)(=O)=O)c2)c1C. The molecule has 0 saturated carbocycles. The van der Waals surface area contributed by atoms with Crippen molar-refractivity contribution >= 4 is 33.4 Å². The van der Waals surface area contributed by atoms with Gasteiger partial charge in [0.25, 0.3) is 0 Å². The van der Waals surface area contributed by atoms with E-state index in [4.69, 9.17) is 5.14 Å². The quantitative estimate of drug-likeness (QED) is 0.781. The molecule has 134 valence electrons. The maximum atomic E-state index is 12.2. The Hall–Kier alpha value is -1.83. The summed E-state index contributed by atoms with van der Waals surface area (Å²) in [6.07, 6.45) is 0. The molecular weight excluding hydrogens is 356 g/mol. The molecule has 25 heavy (non-hydrogen) atoms. The van der Waals surface area contributed by atoms with Crippen molar-refractivity contribution in [1.29, 1.82) is 0 Å². The number of primary sulfonamides is 1. The second kappa shape index (κ2) is 7.59. The summed E-state index contributed by atoms with van der Waals surface area (Å²) in [7, 11) is -3.79. The van der Waals surface area contributed by atoms with Crippen molar-refractivity contribution in [3.05, 3.63) is 52.6 Å². The number of anilines is 1. The van der Waals surface area contributed by atoms with Gasteiger partial charge in [0.15, 0.2) is 0 Å². The third-order valence-electron chi connectivity index (χ3n) is 4.09. The summed E-state index contributed by atoms with van der Waals surface area (Å²) in [6, 6.07) is 8.06. The number of amides is 1. The van der Waals surface area contributed by atoms with Crippen LogP contribution in [0.1, 0.15) is 22.3 Å². The number of nitrogens with one attached hydrogen (secondary N) is 1. The predicted octanol–water partition coefficient (Wildman–Crippen LogP) is 3.30. The van der Waals surface area contributed by atoms with E-state index in [1.165, 1.54) is 46.1 Å². The number of carbonyl (C=O) groups is 1. The fraction of sp³-hybridized carbons (Fsp3) is 0.278. The average Bonchev–Trinajstić information content (AvgIpc) is 2.52. The molecule has 2 aromatic carbocycles. The number of hydrogen-bond donors (Lipinski definition) is 2. The largest absolute Gasteiger partial charge is 0.325 e. The zero-order valence-corrected chi connectivity index (χ0v) is 16.3. The highest BCUT2D eigenvalue weighted by Crippen LogP contribution is 2.31. The summed E-state index contributed by atoms with van der Waals surface area (Å²) in [5, 5.41) is 7.82. The topological polar surface area (TPSA) is 89.3 Å². The minimum Gasteiger partial charge on any atom is -0.325 e. The first kappa shape index (κ1) is 19.5. The summed E-state index contributed by atoms with van der Waals surface area (Å²) in [4.78, 5) is 13.3. The Morgan fingerprint density at radius 3 is 2.24 bits per heavy atom. The standard InChI is InChI=1S/C18H22N2O3S2/c1-11-8-12(2)14(4)18(13(11)3)24-10-17(21)20-15-6-5-7-16(9-15)25(19,22)23/h5-9H,10H2,1-4H3,(H,20,21)(H2,19,22,23). The molecule has 0 aliphatic heterocycles. The molecule has 0 saturated heterocycles. The fourth-order valence-electron chi connectivity index (χ4n) is 2.48. The molecule has 2 rings (SSSR count). The smallest absolute Gasteiger partial charge is 0.238 e. The van der Waals surface area contributed by atoms with Gasteiger partial charge in [-0.05, 0) is 68.1 Å². The Morgan fingerprint density at radius 1 is 1.08 bits per heavy atom. The number of aryl methyl sites for hydroxylation is 2. The van der Waals surface area contributed by atoms with Crippen LogP contribution in [-0.4, -0.2) is 20.1 Å². The van der Waals surface area contributed by atoms with Crippen LogP contribution in [0.3, 0.4) is 0 Å². The summed E-state index contributed by atoms with van der Waals surface area (Å²) < 4.78 is 22.8. The number of sulfonamides is 1. The lowest BCUT2D eigenvalue weighted by molar-refractivity contribution is -0.113. The van der Waals surface area contributed by atoms with Crippen LogP contribution in [0.25, 0.3) is 0 Å². The molecule has 3 N–H and O–H groups in total. The molecule has 0 atom stereocenters. The number of rotatable bonds is 5. The predicted molar refractivity (Wildman–Crippen MR) is 103 cm³/mol. The van der Waals surface area contributed by atoms with Crippen molar-refractivity contribution in [2.75, 3.05) is 11.1 Å². The van der Waals surface area contributed by atoms with E-state index in [0.717, 1.165) is 4.90 Å². The minimum atomic E-state index is -3.79. The van der Waals surface area contributed by atoms with E-state index in [9.17, 15) is 13.2 Å². The van der Waals surface area contributed by atoms with Gasteiger partial charge in [0.2, 0.25) is 15.9 Å². The highest BCUT2D eigenvalue weighted by atomic mass is 32.2. The molecule has 0 aliphatic rings. The first-order valence-corrected chi connectivity index (χ1v) is 10.3. The molecule has 5 nitrogen and oxygen atoms in total. The van der Waals surface area contributed by atoms with Crippen LogP contribution >= 0.6 is 11.8 Å². The van der Waals surface area contributed by atoms with Crippen molar-refractivity contribution < 1.29 is 13.2 Å². The number of carbonyl (C=O) groups excluding carboxylic acids is 1. The zero-order valence-electron chi connectivity index (χ0n) is 14.7. The Balaban J connectivity index is 2.10. The number of hydrogen-bond acceptors (Lipinski definition) is 4. The average molecular weight is 379 g/mol. The second-order valence-corrected chi connectivity index (χ2v) is 8.55. The maximum Gasteiger partial charge on any atom is 0.238 e. The molecule has 0 spiro atoms. The van der Waals surface area contributed by atoms with Gasteiger partial charge >= 0.3 is 0 Å². The lowest BCUT2D eigenvalue weighted by atomic mass is 10.0. The van der Waals surface area contributed by atoms with Gasteiger partial charge in [0.05, 0.1) is 10.6 Å². The molecule has 1 amide bonds. The number of thioether (sulfide) groups is 1. The van der Waals surface area contributed by atoms with Crippen LogP contribution in [-0.2, 0) is 14.8 Å². The van der Waals surface area contributed by atoms with Gasteiger partial charge < -0.3 is 5.32 Å². The summed E-state index contributed by atoms with van der Waals surface area (Å²) in [5.74, 6) is 0.0407. The maximum absolute atomic E-state index is 12.2. The monoisotopic (exact) mass is 378 g/mol. The molecule has 0 unspecified atom stereocenters. The van der Waals surface area contributed by atoms with Gasteiger partial charge in [-0.15, -0.1) is 11.8 Å². The van der Waals surface area contributed by atoms with E-state index in [1.807, 2.05) is 0 Å². The molecule has 0 radical (unpaired) electrons. The van der Waals surface area contributed by atoms with Crippen molar-refractivity contribution in [2.24, 2.45) is 5.14 Å². The van der Waals surface area contributed by atoms with Crippen LogP contribution in [0, 0.1) is 27.7 Å². The van der Waals surface area contributed by atoms with Crippen LogP contribution in [0.15, 0.2) is 40.1 Å². The van der Waals surface area contributed by atoms with E-state index in [-0.39, 0.29) is 16.6 Å². The Labute approximate surface area is 153 Å². The normalized spacial score (nSPS) is 11.4. The Bertz CT molecular complexity index is 896. The van der Waals surface area contributed by atoms with Crippen molar-refractivity contribution in [3.8, 4) is 0 Å². The van der Waals surface area contributed by atoms with Gasteiger partial charge in [-0.1, -0.05) is 12.1 Å². The van der Waals surface area contributed by atoms with Crippen LogP contribution in [0.2, 0.25) is 0 Å². The third-order valence-corrected chi connectivity index (χ3v) is 6.31. The Morgan fingerprint density at radius 2 is 1.68 bits per heavy atom. The lowest BCUT2D eigenvalue weighted by Gasteiger charge is -2.14. The molecule has 0 aromatic heterocycles. The van der Waals surface area contributed by atoms with E-state index >= 15 is 0 Å². The summed E-state index contributed by atoms with van der Waals surface area (Å²) in [5.41, 5.74) is 5.17. The van der Waals surface area contributed by atoms with Gasteiger partial charge in [0, 0.05) is 10.6 Å². The van der Waals surface area contributed by atoms with Crippen LogP contribution in [0.5, 0.6) is 0 Å². The lowest BCUT2D eigenvalue weighted by Crippen LogP contribution is -2.16. The van der Waals surface area contributed by atoms with E-state index in [2.05, 4.69) is 39.1 Å². The van der Waals surface area contributed by atoms with Gasteiger partial charge in [-0.2, -0.15) is 0 Å².